The van der Waals surface area contributed by atoms with E-state index in [1.807, 2.05) is 56.6 Å². The molecule has 55 heavy (non-hydrogen) atoms. The summed E-state index contributed by atoms with van der Waals surface area (Å²) < 4.78 is 29.1. The van der Waals surface area contributed by atoms with Gasteiger partial charge in [0, 0.05) is 71.4 Å². The Morgan fingerprint density at radius 2 is 1.45 bits per heavy atom. The van der Waals surface area contributed by atoms with E-state index in [-0.39, 0.29) is 26.5 Å². The predicted octanol–water partition coefficient (Wildman–Crippen LogP) is 9.28. The number of piperazine rings is 1. The number of halogens is 3. The highest BCUT2D eigenvalue weighted by Gasteiger charge is 2.26. The number of hydrogen-bond acceptors (Lipinski definition) is 8. The second-order valence-electron chi connectivity index (χ2n) is 13.7. The second kappa shape index (κ2) is 18.9. The third kappa shape index (κ3) is 11.2. The maximum Gasteiger partial charge on any atom is 0.267 e. The molecule has 1 amide bonds. The molecular formula is C42H44Cl3N5O3S2. The lowest BCUT2D eigenvalue weighted by Crippen LogP contribution is -2.46. The predicted molar refractivity (Wildman–Crippen MR) is 230 cm³/mol. The Morgan fingerprint density at radius 1 is 0.818 bits per heavy atom. The number of hydrogen-bond donors (Lipinski definition) is 2. The summed E-state index contributed by atoms with van der Waals surface area (Å²) in [6.45, 7) is 5.05. The molecular weight excluding hydrogens is 793 g/mol. The van der Waals surface area contributed by atoms with Gasteiger partial charge in [-0.25, -0.2) is 13.1 Å². The monoisotopic (exact) mass is 835 g/mol. The number of amides is 1. The normalized spacial score (nSPS) is 14.2. The van der Waals surface area contributed by atoms with Gasteiger partial charge < -0.3 is 15.1 Å². The van der Waals surface area contributed by atoms with Crippen molar-refractivity contribution in [1.29, 1.82) is 0 Å². The summed E-state index contributed by atoms with van der Waals surface area (Å²) in [4.78, 5) is 20.8. The lowest BCUT2D eigenvalue weighted by Gasteiger charge is -2.36. The van der Waals surface area contributed by atoms with Gasteiger partial charge in [-0.15, -0.1) is 11.8 Å². The molecule has 0 saturated carbocycles. The van der Waals surface area contributed by atoms with Crippen LogP contribution in [0.4, 0.5) is 11.4 Å². The number of anilines is 2. The first-order chi connectivity index (χ1) is 26.4. The minimum absolute atomic E-state index is 0.0528. The van der Waals surface area contributed by atoms with Crippen LogP contribution in [0, 0.1) is 0 Å². The third-order valence-electron chi connectivity index (χ3n) is 9.42. The number of nitrogens with zero attached hydrogens (tertiary/aromatic N) is 3. The Morgan fingerprint density at radius 3 is 2.11 bits per heavy atom. The highest BCUT2D eigenvalue weighted by molar-refractivity contribution is 7.99. The molecule has 0 spiro atoms. The van der Waals surface area contributed by atoms with E-state index in [2.05, 4.69) is 73.3 Å². The summed E-state index contributed by atoms with van der Waals surface area (Å²) in [5, 5.41) is 4.03. The minimum atomic E-state index is -4.39. The summed E-state index contributed by atoms with van der Waals surface area (Å²) in [6, 6.07) is 36.6. The lowest BCUT2D eigenvalue weighted by atomic mass is 9.99. The fraction of sp³-hybridized carbons (Fsp3) is 0.262. The number of sulfonamides is 1. The van der Waals surface area contributed by atoms with Gasteiger partial charge in [-0.1, -0.05) is 89.4 Å². The zero-order chi connectivity index (χ0) is 39.0. The Labute approximate surface area is 343 Å². The largest absolute Gasteiger partial charge is 0.381 e. The smallest absolute Gasteiger partial charge is 0.267 e. The Balaban J connectivity index is 1.05. The van der Waals surface area contributed by atoms with Crippen LogP contribution in [0.1, 0.15) is 22.3 Å². The molecule has 5 aromatic carbocycles. The molecule has 1 fully saturated rings. The number of nitrogens with one attached hydrogen (secondary N) is 2. The van der Waals surface area contributed by atoms with Gasteiger partial charge in [0.25, 0.3) is 15.9 Å². The van der Waals surface area contributed by atoms with Gasteiger partial charge in [0.05, 0.1) is 10.0 Å². The molecule has 0 bridgehead atoms. The van der Waals surface area contributed by atoms with Crippen molar-refractivity contribution >= 4 is 73.9 Å². The first kappa shape index (κ1) is 40.9. The van der Waals surface area contributed by atoms with Crippen molar-refractivity contribution in [3.63, 3.8) is 0 Å². The van der Waals surface area contributed by atoms with Gasteiger partial charge in [0.15, 0.2) is 0 Å². The van der Waals surface area contributed by atoms with E-state index in [1.54, 1.807) is 23.9 Å². The number of rotatable bonds is 15. The van der Waals surface area contributed by atoms with Crippen LogP contribution in [0.25, 0.3) is 11.1 Å². The number of carbonyl (C=O) groups excluding carboxylic acids is 1. The van der Waals surface area contributed by atoms with Crippen LogP contribution in [-0.2, 0) is 16.6 Å². The third-order valence-corrected chi connectivity index (χ3v) is 13.1. The van der Waals surface area contributed by atoms with Crippen molar-refractivity contribution in [3.05, 3.63) is 141 Å². The maximum absolute atomic E-state index is 13.5. The zero-order valence-corrected chi connectivity index (χ0v) is 34.6. The van der Waals surface area contributed by atoms with Gasteiger partial charge in [0.2, 0.25) is 0 Å². The van der Waals surface area contributed by atoms with E-state index in [1.165, 1.54) is 23.3 Å². The van der Waals surface area contributed by atoms with E-state index >= 15 is 0 Å². The molecule has 1 aliphatic heterocycles. The first-order valence-electron chi connectivity index (χ1n) is 18.0. The maximum atomic E-state index is 13.5. The van der Waals surface area contributed by atoms with Crippen LogP contribution in [0.2, 0.25) is 15.1 Å². The van der Waals surface area contributed by atoms with Gasteiger partial charge in [-0.3, -0.25) is 9.69 Å². The quantitative estimate of drug-likeness (QED) is 0.101. The molecule has 2 N–H and O–H groups in total. The minimum Gasteiger partial charge on any atom is -0.381 e. The van der Waals surface area contributed by atoms with Crippen LogP contribution in [0.3, 0.4) is 0 Å². The van der Waals surface area contributed by atoms with Crippen molar-refractivity contribution in [2.24, 2.45) is 0 Å². The van der Waals surface area contributed by atoms with Crippen molar-refractivity contribution in [2.75, 3.05) is 62.8 Å². The Bertz CT molecular complexity index is 2140. The highest BCUT2D eigenvalue weighted by Crippen LogP contribution is 2.34. The van der Waals surface area contributed by atoms with Gasteiger partial charge in [-0.05, 0) is 104 Å². The molecule has 8 nitrogen and oxygen atoms in total. The van der Waals surface area contributed by atoms with Gasteiger partial charge in [0.1, 0.15) is 4.90 Å². The summed E-state index contributed by atoms with van der Waals surface area (Å²) in [6.07, 6.45) is 0.841. The van der Waals surface area contributed by atoms with Crippen molar-refractivity contribution in [1.82, 2.24) is 14.5 Å². The van der Waals surface area contributed by atoms with E-state index < -0.39 is 15.9 Å². The van der Waals surface area contributed by atoms with E-state index in [0.29, 0.717) is 5.69 Å². The van der Waals surface area contributed by atoms with Crippen LogP contribution in [-0.4, -0.2) is 82.7 Å². The number of carbonyl (C=O) groups is 1. The molecule has 1 atom stereocenters. The van der Waals surface area contributed by atoms with Gasteiger partial charge in [-0.2, -0.15) is 0 Å². The molecule has 0 radical (unpaired) electrons. The Hall–Kier alpha value is -3.74. The molecule has 6 rings (SSSR count). The molecule has 5 aromatic rings. The summed E-state index contributed by atoms with van der Waals surface area (Å²) >= 11 is 21.0. The van der Waals surface area contributed by atoms with Crippen molar-refractivity contribution in [2.45, 2.75) is 28.8 Å². The fourth-order valence-corrected chi connectivity index (χ4v) is 9.80. The number of benzene rings is 5. The fourth-order valence-electron chi connectivity index (χ4n) is 6.49. The van der Waals surface area contributed by atoms with Crippen molar-refractivity contribution in [3.8, 4) is 11.1 Å². The second-order valence-corrected chi connectivity index (χ2v) is 17.7. The molecule has 1 aliphatic rings. The summed E-state index contributed by atoms with van der Waals surface area (Å²) in [7, 11) is -0.352. The topological polar surface area (TPSA) is 85.0 Å². The average molecular weight is 837 g/mol. The molecule has 288 valence electrons. The van der Waals surface area contributed by atoms with Crippen LogP contribution >= 0.6 is 46.6 Å². The first-order valence-corrected chi connectivity index (χ1v) is 21.6. The standard InChI is InChI=1S/C42H44Cl3N5O3S2/c1-48(2)21-20-34(29-54-37-9-4-3-5-10-37)46-35-26-39(44)41(40(45)27-35)55(52,53)47-42(51)31-14-18-36(19-15-31)50-24-22-49(23-25-50)28-32-8-6-7-11-38(32)30-12-16-33(43)17-13-30/h3-19,26-27,34,46H,20-25,28-29H2,1-2H3,(H,47,51)/t34-/m1/s1. The molecule has 1 saturated heterocycles. The van der Waals surface area contributed by atoms with Crippen LogP contribution in [0.5, 0.6) is 0 Å². The Kier molecular flexibility index (Phi) is 14.1. The summed E-state index contributed by atoms with van der Waals surface area (Å²) in [5.74, 6) is 0.00530. The lowest BCUT2D eigenvalue weighted by molar-refractivity contribution is 0.0981. The number of thioether (sulfide) groups is 1. The SMILES string of the molecule is CN(C)CC[C@H](CSc1ccccc1)Nc1cc(Cl)c(S(=O)(=O)NC(=O)c2ccc(N3CCN(Cc4ccccc4-c4ccc(Cl)cc4)CC3)cc2)c(Cl)c1. The van der Waals surface area contributed by atoms with Crippen molar-refractivity contribution < 1.29 is 13.2 Å². The zero-order valence-electron chi connectivity index (χ0n) is 30.7. The molecule has 13 heteroatoms. The van der Waals surface area contributed by atoms with E-state index in [0.717, 1.165) is 72.6 Å². The van der Waals surface area contributed by atoms with Crippen LogP contribution in [0.15, 0.2) is 125 Å². The molecule has 1 heterocycles. The molecule has 0 aromatic heterocycles. The summed E-state index contributed by atoms with van der Waals surface area (Å²) in [5.41, 5.74) is 5.36. The van der Waals surface area contributed by atoms with E-state index in [9.17, 15) is 13.2 Å². The van der Waals surface area contributed by atoms with E-state index in [4.69, 9.17) is 34.8 Å². The van der Waals surface area contributed by atoms with Gasteiger partial charge >= 0.3 is 0 Å². The highest BCUT2D eigenvalue weighted by atomic mass is 35.5. The van der Waals surface area contributed by atoms with Crippen LogP contribution < -0.4 is 14.9 Å². The molecule has 0 aliphatic carbocycles. The molecule has 0 unspecified atom stereocenters. The average Bonchev–Trinajstić information content (AvgIpc) is 3.16.